The zero-order chi connectivity index (χ0) is 12.3. The molecule has 4 heteroatoms. The first kappa shape index (κ1) is 12.9. The molecule has 94 valence electrons. The van der Waals surface area contributed by atoms with E-state index >= 15 is 0 Å². The van der Waals surface area contributed by atoms with Gasteiger partial charge in [-0.25, -0.2) is 0 Å². The van der Waals surface area contributed by atoms with Gasteiger partial charge in [0.2, 0.25) is 0 Å². The molecule has 1 aliphatic rings. The van der Waals surface area contributed by atoms with Gasteiger partial charge in [0, 0.05) is 16.3 Å². The molecule has 1 fully saturated rings. The fourth-order valence-corrected chi connectivity index (χ4v) is 3.67. The average molecular weight is 271 g/mol. The Morgan fingerprint density at radius 1 is 1.47 bits per heavy atom. The molecule has 1 aromatic rings. The summed E-state index contributed by atoms with van der Waals surface area (Å²) in [5, 5.41) is 5.03. The van der Waals surface area contributed by atoms with Gasteiger partial charge in [0.05, 0.1) is 11.4 Å². The predicted octanol–water partition coefficient (Wildman–Crippen LogP) is 4.01. The SMILES string of the molecule is CCSC1CCC(Nc2ccc(Cl)cc2N)C1. The standard InChI is InChI=1S/C13H19ClN2S/c1-2-17-11-5-4-10(8-11)16-13-6-3-9(14)7-12(13)15/h3,6-7,10-11,16H,2,4-5,8,15H2,1H3. The normalized spacial score (nSPS) is 23.9. The molecule has 0 amide bonds. The Hall–Kier alpha value is -0.540. The molecule has 2 nitrogen and oxygen atoms in total. The fourth-order valence-electron chi connectivity index (χ4n) is 2.34. The van der Waals surface area contributed by atoms with Crippen LogP contribution in [0.1, 0.15) is 26.2 Å². The van der Waals surface area contributed by atoms with Gasteiger partial charge in [-0.2, -0.15) is 11.8 Å². The monoisotopic (exact) mass is 270 g/mol. The smallest absolute Gasteiger partial charge is 0.0577 e. The molecular formula is C13H19ClN2S. The first-order valence-electron chi connectivity index (χ1n) is 6.12. The van der Waals surface area contributed by atoms with E-state index < -0.39 is 0 Å². The van der Waals surface area contributed by atoms with E-state index in [1.165, 1.54) is 25.0 Å². The fraction of sp³-hybridized carbons (Fsp3) is 0.538. The Morgan fingerprint density at radius 2 is 2.29 bits per heavy atom. The van der Waals surface area contributed by atoms with Crippen molar-refractivity contribution in [2.45, 2.75) is 37.5 Å². The predicted molar refractivity (Wildman–Crippen MR) is 79.0 cm³/mol. The minimum Gasteiger partial charge on any atom is -0.397 e. The molecule has 0 saturated heterocycles. The van der Waals surface area contributed by atoms with Crippen molar-refractivity contribution in [3.8, 4) is 0 Å². The van der Waals surface area contributed by atoms with Crippen LogP contribution in [0, 0.1) is 0 Å². The molecule has 0 heterocycles. The van der Waals surface area contributed by atoms with Crippen LogP contribution < -0.4 is 11.1 Å². The van der Waals surface area contributed by atoms with E-state index in [1.807, 2.05) is 12.1 Å². The minimum absolute atomic E-state index is 0.558. The Bertz CT molecular complexity index is 384. The van der Waals surface area contributed by atoms with Crippen molar-refractivity contribution < 1.29 is 0 Å². The van der Waals surface area contributed by atoms with E-state index in [0.29, 0.717) is 11.1 Å². The number of nitrogens with one attached hydrogen (secondary N) is 1. The first-order chi connectivity index (χ1) is 8.19. The number of anilines is 2. The highest BCUT2D eigenvalue weighted by atomic mass is 35.5. The summed E-state index contributed by atoms with van der Waals surface area (Å²) in [5.74, 6) is 1.21. The van der Waals surface area contributed by atoms with Gasteiger partial charge >= 0.3 is 0 Å². The van der Waals surface area contributed by atoms with Gasteiger partial charge in [0.15, 0.2) is 0 Å². The number of halogens is 1. The van der Waals surface area contributed by atoms with Crippen LogP contribution in [0.15, 0.2) is 18.2 Å². The van der Waals surface area contributed by atoms with E-state index in [2.05, 4.69) is 24.0 Å². The number of hydrogen-bond donors (Lipinski definition) is 2. The number of hydrogen-bond acceptors (Lipinski definition) is 3. The van der Waals surface area contributed by atoms with E-state index in [1.54, 1.807) is 6.07 Å². The topological polar surface area (TPSA) is 38.0 Å². The van der Waals surface area contributed by atoms with E-state index in [-0.39, 0.29) is 0 Å². The quantitative estimate of drug-likeness (QED) is 0.812. The highest BCUT2D eigenvalue weighted by molar-refractivity contribution is 7.99. The molecule has 0 bridgehead atoms. The Balaban J connectivity index is 1.93. The van der Waals surface area contributed by atoms with Crippen LogP contribution in [0.5, 0.6) is 0 Å². The molecule has 2 atom stereocenters. The third-order valence-electron chi connectivity index (χ3n) is 3.16. The lowest BCUT2D eigenvalue weighted by molar-refractivity contribution is 0.757. The summed E-state index contributed by atoms with van der Waals surface area (Å²) in [7, 11) is 0. The summed E-state index contributed by atoms with van der Waals surface area (Å²) in [6.07, 6.45) is 3.78. The molecule has 2 unspecified atom stereocenters. The molecule has 0 aliphatic heterocycles. The number of rotatable bonds is 4. The van der Waals surface area contributed by atoms with Gasteiger partial charge in [0.1, 0.15) is 0 Å². The molecule has 1 aromatic carbocycles. The van der Waals surface area contributed by atoms with Crippen LogP contribution in [-0.4, -0.2) is 17.0 Å². The van der Waals surface area contributed by atoms with Crippen LogP contribution >= 0.6 is 23.4 Å². The molecule has 2 rings (SSSR count). The first-order valence-corrected chi connectivity index (χ1v) is 7.55. The zero-order valence-corrected chi connectivity index (χ0v) is 11.7. The van der Waals surface area contributed by atoms with E-state index in [4.69, 9.17) is 17.3 Å². The number of nitrogens with two attached hydrogens (primary N) is 1. The summed E-state index contributed by atoms with van der Waals surface area (Å²) < 4.78 is 0. The largest absolute Gasteiger partial charge is 0.397 e. The maximum absolute atomic E-state index is 5.94. The van der Waals surface area contributed by atoms with Gasteiger partial charge in [-0.15, -0.1) is 0 Å². The lowest BCUT2D eigenvalue weighted by Gasteiger charge is -2.16. The maximum atomic E-state index is 5.94. The molecule has 0 aromatic heterocycles. The van der Waals surface area contributed by atoms with Crippen molar-refractivity contribution in [2.24, 2.45) is 0 Å². The van der Waals surface area contributed by atoms with Crippen molar-refractivity contribution in [1.82, 2.24) is 0 Å². The van der Waals surface area contributed by atoms with Gasteiger partial charge in [-0.3, -0.25) is 0 Å². The van der Waals surface area contributed by atoms with Crippen molar-refractivity contribution in [1.29, 1.82) is 0 Å². The highest BCUT2D eigenvalue weighted by Gasteiger charge is 2.24. The second-order valence-corrected chi connectivity index (χ2v) is 6.48. The lowest BCUT2D eigenvalue weighted by atomic mass is 10.2. The van der Waals surface area contributed by atoms with Crippen LogP contribution in [0.2, 0.25) is 5.02 Å². The van der Waals surface area contributed by atoms with Crippen molar-refractivity contribution >= 4 is 34.7 Å². The molecule has 1 aliphatic carbocycles. The van der Waals surface area contributed by atoms with Crippen LogP contribution in [0.3, 0.4) is 0 Å². The molecule has 1 saturated carbocycles. The second-order valence-electron chi connectivity index (χ2n) is 4.46. The third kappa shape index (κ3) is 3.46. The van der Waals surface area contributed by atoms with Crippen LogP contribution in [-0.2, 0) is 0 Å². The van der Waals surface area contributed by atoms with Gasteiger partial charge in [0.25, 0.3) is 0 Å². The Morgan fingerprint density at radius 3 is 3.00 bits per heavy atom. The van der Waals surface area contributed by atoms with Crippen LogP contribution in [0.25, 0.3) is 0 Å². The molecule has 17 heavy (non-hydrogen) atoms. The van der Waals surface area contributed by atoms with Crippen molar-refractivity contribution in [3.05, 3.63) is 23.2 Å². The summed E-state index contributed by atoms with van der Waals surface area (Å²) >= 11 is 7.95. The van der Waals surface area contributed by atoms with Crippen molar-refractivity contribution in [2.75, 3.05) is 16.8 Å². The minimum atomic E-state index is 0.558. The Kier molecular flexibility index (Phi) is 4.46. The number of nitrogen functional groups attached to an aromatic ring is 1. The second kappa shape index (κ2) is 5.87. The average Bonchev–Trinajstić information content (AvgIpc) is 2.71. The summed E-state index contributed by atoms with van der Waals surface area (Å²) in [4.78, 5) is 0. The zero-order valence-electron chi connectivity index (χ0n) is 10.1. The molecular weight excluding hydrogens is 252 g/mol. The third-order valence-corrected chi connectivity index (χ3v) is 4.63. The molecule has 0 spiro atoms. The highest BCUT2D eigenvalue weighted by Crippen LogP contribution is 2.33. The summed E-state index contributed by atoms with van der Waals surface area (Å²) in [6.45, 7) is 2.22. The van der Waals surface area contributed by atoms with Gasteiger partial charge in [-0.05, 0) is 43.2 Å². The summed E-state index contributed by atoms with van der Waals surface area (Å²) in [5.41, 5.74) is 7.70. The van der Waals surface area contributed by atoms with Crippen LogP contribution in [0.4, 0.5) is 11.4 Å². The number of benzene rings is 1. The molecule has 3 N–H and O–H groups in total. The van der Waals surface area contributed by atoms with E-state index in [9.17, 15) is 0 Å². The van der Waals surface area contributed by atoms with Gasteiger partial charge in [-0.1, -0.05) is 18.5 Å². The van der Waals surface area contributed by atoms with E-state index in [0.717, 1.165) is 16.6 Å². The maximum Gasteiger partial charge on any atom is 0.0577 e. The number of thioether (sulfide) groups is 1. The lowest BCUT2D eigenvalue weighted by Crippen LogP contribution is -2.16. The summed E-state index contributed by atoms with van der Waals surface area (Å²) in [6, 6.07) is 6.21. The van der Waals surface area contributed by atoms with Crippen molar-refractivity contribution in [3.63, 3.8) is 0 Å². The van der Waals surface area contributed by atoms with Gasteiger partial charge < -0.3 is 11.1 Å². The Labute approximate surface area is 112 Å². The molecule has 0 radical (unpaired) electrons.